The average Bonchev–Trinajstić information content (AvgIpc) is 3.45. The molecule has 4 aromatic rings. The summed E-state index contributed by atoms with van der Waals surface area (Å²) < 4.78 is 5.22. The highest BCUT2D eigenvalue weighted by molar-refractivity contribution is 6.24. The second-order valence-electron chi connectivity index (χ2n) is 10.1. The first kappa shape index (κ1) is 23.2. The Morgan fingerprint density at radius 1 is 0.821 bits per heavy atom. The molecule has 3 amide bonds. The van der Waals surface area contributed by atoms with Gasteiger partial charge in [-0.15, -0.1) is 0 Å². The summed E-state index contributed by atoms with van der Waals surface area (Å²) in [6, 6.07) is 27.0. The highest BCUT2D eigenvalue weighted by Crippen LogP contribution is 2.53. The lowest BCUT2D eigenvalue weighted by Crippen LogP contribution is -2.46. The molecule has 7 heteroatoms. The van der Waals surface area contributed by atoms with E-state index in [0.29, 0.717) is 17.1 Å². The number of amides is 3. The van der Waals surface area contributed by atoms with Crippen LogP contribution in [0.4, 0.5) is 11.4 Å². The zero-order valence-corrected chi connectivity index (χ0v) is 21.2. The van der Waals surface area contributed by atoms with Crippen LogP contribution in [0.1, 0.15) is 17.2 Å². The van der Waals surface area contributed by atoms with Crippen molar-refractivity contribution < 1.29 is 19.1 Å². The van der Waals surface area contributed by atoms with Crippen LogP contribution in [0.2, 0.25) is 0 Å². The predicted octanol–water partition coefficient (Wildman–Crippen LogP) is 5.00. The molecule has 3 aliphatic rings. The Bertz CT molecular complexity index is 1680. The van der Waals surface area contributed by atoms with Crippen molar-refractivity contribution in [2.24, 2.45) is 11.8 Å². The molecule has 4 aromatic carbocycles. The fourth-order valence-electron chi connectivity index (χ4n) is 6.32. The first-order valence-corrected chi connectivity index (χ1v) is 12.9. The van der Waals surface area contributed by atoms with Gasteiger partial charge in [-0.25, -0.2) is 4.90 Å². The van der Waals surface area contributed by atoms with Crippen molar-refractivity contribution in [2.75, 3.05) is 17.3 Å². The van der Waals surface area contributed by atoms with Gasteiger partial charge in [0.1, 0.15) is 11.8 Å². The summed E-state index contributed by atoms with van der Waals surface area (Å²) in [5.74, 6) is -1.81. The predicted molar refractivity (Wildman–Crippen MR) is 149 cm³/mol. The van der Waals surface area contributed by atoms with Gasteiger partial charge in [0.05, 0.1) is 30.7 Å². The Morgan fingerprint density at radius 3 is 2.33 bits per heavy atom. The van der Waals surface area contributed by atoms with Gasteiger partial charge in [0.15, 0.2) is 0 Å². The molecule has 3 heterocycles. The number of nitrogens with one attached hydrogen (secondary N) is 1. The number of fused-ring (bicyclic) bond motifs is 6. The molecule has 0 aliphatic carbocycles. The Hall–Kier alpha value is -4.91. The molecule has 4 atom stereocenters. The monoisotopic (exact) mass is 515 g/mol. The van der Waals surface area contributed by atoms with Gasteiger partial charge in [0.2, 0.25) is 17.7 Å². The smallest absolute Gasteiger partial charge is 0.247 e. The summed E-state index contributed by atoms with van der Waals surface area (Å²) in [5.41, 5.74) is 3.04. The molecule has 0 aromatic heterocycles. The van der Waals surface area contributed by atoms with Gasteiger partial charge in [0.25, 0.3) is 0 Å². The Morgan fingerprint density at radius 2 is 1.54 bits per heavy atom. The number of rotatable bonds is 4. The molecule has 1 N–H and O–H groups in total. The zero-order valence-electron chi connectivity index (χ0n) is 21.2. The van der Waals surface area contributed by atoms with Crippen molar-refractivity contribution in [3.63, 3.8) is 0 Å². The van der Waals surface area contributed by atoms with Crippen LogP contribution in [0.25, 0.3) is 16.8 Å². The van der Waals surface area contributed by atoms with Crippen LogP contribution >= 0.6 is 0 Å². The van der Waals surface area contributed by atoms with E-state index in [1.165, 1.54) is 4.90 Å². The molecule has 7 rings (SSSR count). The van der Waals surface area contributed by atoms with Crippen molar-refractivity contribution >= 4 is 45.9 Å². The number of hydrogen-bond donors (Lipinski definition) is 1. The summed E-state index contributed by atoms with van der Waals surface area (Å²) in [6.07, 6.45) is 3.79. The molecule has 39 heavy (non-hydrogen) atoms. The van der Waals surface area contributed by atoms with E-state index in [-0.39, 0.29) is 17.7 Å². The maximum absolute atomic E-state index is 14.1. The minimum atomic E-state index is -0.853. The van der Waals surface area contributed by atoms with Crippen LogP contribution in [0, 0.1) is 11.8 Å². The van der Waals surface area contributed by atoms with Crippen molar-refractivity contribution in [1.29, 1.82) is 0 Å². The molecule has 2 saturated heterocycles. The van der Waals surface area contributed by atoms with Crippen molar-refractivity contribution in [2.45, 2.75) is 12.1 Å². The summed E-state index contributed by atoms with van der Waals surface area (Å²) in [7, 11) is 1.58. The molecule has 3 aliphatic heterocycles. The standard InChI is InChI=1S/C32H25N3O4/c1-39-24-14-11-22(12-15-24)33-30(36)29-27-26(28-25-9-5-4-7-20(25)16-17-34(28)29)31(37)35(32(27)38)23-13-10-19-6-2-3-8-21(19)18-23/h2-18,26-29H,1H3,(H,33,36)/t26-,27-,28-,29+/m1/s1. The van der Waals surface area contributed by atoms with Gasteiger partial charge >= 0.3 is 0 Å². The zero-order chi connectivity index (χ0) is 26.7. The number of methoxy groups -OCH3 is 1. The van der Waals surface area contributed by atoms with Crippen molar-refractivity contribution in [3.05, 3.63) is 108 Å². The van der Waals surface area contributed by atoms with Crippen LogP contribution in [-0.2, 0) is 14.4 Å². The Labute approximate surface area is 225 Å². The number of anilines is 2. The molecule has 0 radical (unpaired) electrons. The van der Waals surface area contributed by atoms with E-state index in [4.69, 9.17) is 4.74 Å². The van der Waals surface area contributed by atoms with Crippen LogP contribution in [0.5, 0.6) is 5.75 Å². The van der Waals surface area contributed by atoms with E-state index >= 15 is 0 Å². The van der Waals surface area contributed by atoms with Gasteiger partial charge in [0, 0.05) is 11.9 Å². The molecule has 0 saturated carbocycles. The molecule has 7 nitrogen and oxygen atoms in total. The summed E-state index contributed by atoms with van der Waals surface area (Å²) in [4.78, 5) is 45.2. The molecule has 2 fully saturated rings. The van der Waals surface area contributed by atoms with E-state index in [0.717, 1.165) is 21.9 Å². The van der Waals surface area contributed by atoms with E-state index in [1.807, 2.05) is 77.8 Å². The van der Waals surface area contributed by atoms with Crippen molar-refractivity contribution in [1.82, 2.24) is 4.90 Å². The lowest BCUT2D eigenvalue weighted by atomic mass is 9.84. The summed E-state index contributed by atoms with van der Waals surface area (Å²) in [5, 5.41) is 4.93. The molecular weight excluding hydrogens is 490 g/mol. The molecular formula is C32H25N3O4. The maximum atomic E-state index is 14.1. The van der Waals surface area contributed by atoms with Gasteiger partial charge in [-0.2, -0.15) is 0 Å². The topological polar surface area (TPSA) is 79.0 Å². The number of carbonyl (C=O) groups excluding carboxylic acids is 3. The first-order valence-electron chi connectivity index (χ1n) is 12.9. The average molecular weight is 516 g/mol. The second-order valence-corrected chi connectivity index (χ2v) is 10.1. The SMILES string of the molecule is COc1ccc(NC(=O)[C@@H]2[C@@H]3C(=O)N(c4ccc5ccccc5c4)C(=O)[C@H]3[C@H]3c4ccccc4C=CN23)cc1. The Balaban J connectivity index is 1.30. The van der Waals surface area contributed by atoms with E-state index in [2.05, 4.69) is 5.32 Å². The number of carbonyl (C=O) groups is 3. The Kier molecular flexibility index (Phi) is 5.26. The van der Waals surface area contributed by atoms with Crippen LogP contribution in [-0.4, -0.2) is 35.8 Å². The van der Waals surface area contributed by atoms with Crippen LogP contribution < -0.4 is 15.0 Å². The van der Waals surface area contributed by atoms with Crippen molar-refractivity contribution in [3.8, 4) is 5.75 Å². The molecule has 0 bridgehead atoms. The second kappa shape index (κ2) is 8.84. The normalized spacial score (nSPS) is 23.0. The summed E-state index contributed by atoms with van der Waals surface area (Å²) >= 11 is 0. The third-order valence-electron chi connectivity index (χ3n) is 8.08. The van der Waals surface area contributed by atoms with E-state index < -0.39 is 23.9 Å². The number of imide groups is 1. The number of ether oxygens (including phenoxy) is 1. The fourth-order valence-corrected chi connectivity index (χ4v) is 6.32. The first-order chi connectivity index (χ1) is 19.0. The lowest BCUT2D eigenvalue weighted by Gasteiger charge is -2.35. The van der Waals surface area contributed by atoms with Gasteiger partial charge in [-0.05, 0) is 64.4 Å². The maximum Gasteiger partial charge on any atom is 0.247 e. The highest BCUT2D eigenvalue weighted by Gasteiger charge is 2.64. The third kappa shape index (κ3) is 3.54. The van der Waals surface area contributed by atoms with E-state index in [9.17, 15) is 14.4 Å². The summed E-state index contributed by atoms with van der Waals surface area (Å²) in [6.45, 7) is 0. The largest absolute Gasteiger partial charge is 0.497 e. The molecule has 0 unspecified atom stereocenters. The van der Waals surface area contributed by atoms with E-state index in [1.54, 1.807) is 37.4 Å². The number of nitrogens with zero attached hydrogens (tertiary/aromatic N) is 2. The number of benzene rings is 4. The van der Waals surface area contributed by atoms with Gasteiger partial charge in [-0.3, -0.25) is 14.4 Å². The number of hydrogen-bond acceptors (Lipinski definition) is 5. The van der Waals surface area contributed by atoms with Crippen LogP contribution in [0.15, 0.2) is 97.2 Å². The van der Waals surface area contributed by atoms with Gasteiger partial charge in [-0.1, -0.05) is 54.6 Å². The molecule has 192 valence electrons. The van der Waals surface area contributed by atoms with Crippen LogP contribution in [0.3, 0.4) is 0 Å². The minimum Gasteiger partial charge on any atom is -0.497 e. The minimum absolute atomic E-state index is 0.278. The van der Waals surface area contributed by atoms with Gasteiger partial charge < -0.3 is 15.0 Å². The molecule has 0 spiro atoms. The fraction of sp³-hybridized carbons (Fsp3) is 0.156. The quantitative estimate of drug-likeness (QED) is 0.387. The highest BCUT2D eigenvalue weighted by atomic mass is 16.5. The third-order valence-corrected chi connectivity index (χ3v) is 8.08. The lowest BCUT2D eigenvalue weighted by molar-refractivity contribution is -0.128.